The van der Waals surface area contributed by atoms with Gasteiger partial charge >= 0.3 is 0 Å². The third-order valence-corrected chi connectivity index (χ3v) is 4.37. The van der Waals surface area contributed by atoms with Gasteiger partial charge in [-0.15, -0.1) is 0 Å². The van der Waals surface area contributed by atoms with Gasteiger partial charge in [-0.25, -0.2) is 0 Å². The molecule has 0 amide bonds. The molecule has 112 valence electrons. The van der Waals surface area contributed by atoms with Gasteiger partial charge in [0.05, 0.1) is 17.8 Å². The van der Waals surface area contributed by atoms with Crippen LogP contribution >= 0.6 is 11.6 Å². The van der Waals surface area contributed by atoms with Gasteiger partial charge in [0, 0.05) is 12.7 Å². The molecule has 1 aliphatic heterocycles. The maximum absolute atomic E-state index is 9.58. The molecule has 0 spiro atoms. The minimum atomic E-state index is 0.366. The van der Waals surface area contributed by atoms with Crippen LogP contribution in [0.1, 0.15) is 24.3 Å². The molecule has 0 bridgehead atoms. The number of piperidine rings is 1. The number of hydrogen-bond acceptors (Lipinski definition) is 3. The first-order valence-corrected chi connectivity index (χ1v) is 7.78. The number of benzene rings is 1. The zero-order valence-corrected chi connectivity index (χ0v) is 12.7. The van der Waals surface area contributed by atoms with Gasteiger partial charge in [0.25, 0.3) is 0 Å². The van der Waals surface area contributed by atoms with E-state index in [-0.39, 0.29) is 0 Å². The Kier molecular flexibility index (Phi) is 4.46. The number of halogens is 1. The number of aromatic hydroxyl groups is 1. The predicted octanol–water partition coefficient (Wildman–Crippen LogP) is 3.12. The van der Waals surface area contributed by atoms with Gasteiger partial charge in [-0.2, -0.15) is 5.10 Å². The van der Waals surface area contributed by atoms with Crippen LogP contribution in [-0.4, -0.2) is 39.4 Å². The minimum absolute atomic E-state index is 0.366. The lowest BCUT2D eigenvalue weighted by Crippen LogP contribution is -2.35. The van der Waals surface area contributed by atoms with E-state index < -0.39 is 0 Å². The van der Waals surface area contributed by atoms with Crippen LogP contribution in [0.25, 0.3) is 0 Å². The standard InChI is InChI=1S/C16H20ClN3O/c17-15-11-18-20(12-15)9-8-19-6-4-13(5-7-19)14-2-1-3-16(21)10-14/h1-3,10-13,21H,4-9H2. The Labute approximate surface area is 130 Å². The normalized spacial score (nSPS) is 17.2. The van der Waals surface area contributed by atoms with E-state index in [0.717, 1.165) is 39.0 Å². The smallest absolute Gasteiger partial charge is 0.115 e. The van der Waals surface area contributed by atoms with E-state index in [0.29, 0.717) is 16.7 Å². The zero-order chi connectivity index (χ0) is 14.7. The van der Waals surface area contributed by atoms with Gasteiger partial charge in [-0.1, -0.05) is 23.7 Å². The summed E-state index contributed by atoms with van der Waals surface area (Å²) in [5, 5.41) is 14.5. The van der Waals surface area contributed by atoms with E-state index in [9.17, 15) is 5.11 Å². The molecular formula is C16H20ClN3O. The van der Waals surface area contributed by atoms with Crippen LogP contribution in [0.15, 0.2) is 36.7 Å². The fourth-order valence-electron chi connectivity index (χ4n) is 2.97. The average Bonchev–Trinajstić information content (AvgIpc) is 2.91. The van der Waals surface area contributed by atoms with Crippen LogP contribution in [0.5, 0.6) is 5.75 Å². The Hall–Kier alpha value is -1.52. The molecule has 21 heavy (non-hydrogen) atoms. The molecule has 0 radical (unpaired) electrons. The van der Waals surface area contributed by atoms with E-state index in [2.05, 4.69) is 16.1 Å². The lowest BCUT2D eigenvalue weighted by Gasteiger charge is -2.32. The fraction of sp³-hybridized carbons (Fsp3) is 0.438. The second-order valence-electron chi connectivity index (χ2n) is 5.63. The molecule has 1 aromatic carbocycles. The Morgan fingerprint density at radius 3 is 2.71 bits per heavy atom. The number of rotatable bonds is 4. The molecule has 1 aromatic heterocycles. The summed E-state index contributed by atoms with van der Waals surface area (Å²) in [7, 11) is 0. The third kappa shape index (κ3) is 3.77. The minimum Gasteiger partial charge on any atom is -0.508 e. The van der Waals surface area contributed by atoms with Gasteiger partial charge in [0.2, 0.25) is 0 Å². The summed E-state index contributed by atoms with van der Waals surface area (Å²) < 4.78 is 1.89. The molecule has 3 rings (SSSR count). The molecule has 1 N–H and O–H groups in total. The van der Waals surface area contributed by atoms with Crippen LogP contribution in [0.3, 0.4) is 0 Å². The SMILES string of the molecule is Oc1cccc(C2CCN(CCn3cc(Cl)cn3)CC2)c1. The van der Waals surface area contributed by atoms with Crippen molar-refractivity contribution >= 4 is 11.6 Å². The van der Waals surface area contributed by atoms with E-state index in [1.807, 2.05) is 23.0 Å². The van der Waals surface area contributed by atoms with Crippen LogP contribution < -0.4 is 0 Å². The summed E-state index contributed by atoms with van der Waals surface area (Å²) >= 11 is 5.86. The fourth-order valence-corrected chi connectivity index (χ4v) is 3.13. The van der Waals surface area contributed by atoms with Gasteiger partial charge in [-0.05, 0) is 49.5 Å². The van der Waals surface area contributed by atoms with Crippen molar-refractivity contribution in [3.8, 4) is 5.75 Å². The molecule has 0 unspecified atom stereocenters. The van der Waals surface area contributed by atoms with Crippen molar-refractivity contribution in [1.29, 1.82) is 0 Å². The first-order chi connectivity index (χ1) is 10.2. The number of hydrogen-bond donors (Lipinski definition) is 1. The van der Waals surface area contributed by atoms with E-state index >= 15 is 0 Å². The van der Waals surface area contributed by atoms with Crippen molar-refractivity contribution in [3.63, 3.8) is 0 Å². The van der Waals surface area contributed by atoms with Crippen molar-refractivity contribution in [2.75, 3.05) is 19.6 Å². The summed E-state index contributed by atoms with van der Waals surface area (Å²) in [6.45, 7) is 4.07. The first kappa shape index (κ1) is 14.4. The monoisotopic (exact) mass is 305 g/mol. The number of phenols is 1. The lowest BCUT2D eigenvalue weighted by molar-refractivity contribution is 0.202. The van der Waals surface area contributed by atoms with Gasteiger partial charge < -0.3 is 10.0 Å². The summed E-state index contributed by atoms with van der Waals surface area (Å²) in [6, 6.07) is 7.67. The maximum atomic E-state index is 9.58. The summed E-state index contributed by atoms with van der Waals surface area (Å²) in [5.74, 6) is 0.929. The largest absolute Gasteiger partial charge is 0.508 e. The van der Waals surface area contributed by atoms with Gasteiger partial charge in [0.15, 0.2) is 0 Å². The summed E-state index contributed by atoms with van der Waals surface area (Å²) in [4.78, 5) is 2.47. The van der Waals surface area contributed by atoms with Crippen molar-refractivity contribution in [3.05, 3.63) is 47.2 Å². The molecule has 5 heteroatoms. The second-order valence-corrected chi connectivity index (χ2v) is 6.07. The lowest BCUT2D eigenvalue weighted by atomic mass is 9.89. The number of phenolic OH excluding ortho intramolecular Hbond substituents is 1. The Bertz CT molecular complexity index is 591. The highest BCUT2D eigenvalue weighted by Gasteiger charge is 2.20. The molecular weight excluding hydrogens is 286 g/mol. The van der Waals surface area contributed by atoms with Crippen molar-refractivity contribution in [1.82, 2.24) is 14.7 Å². The molecule has 2 heterocycles. The number of likely N-dealkylation sites (tertiary alicyclic amines) is 1. The molecule has 2 aromatic rings. The van der Waals surface area contributed by atoms with Gasteiger partial charge in [-0.3, -0.25) is 4.68 Å². The van der Waals surface area contributed by atoms with Gasteiger partial charge in [0.1, 0.15) is 5.75 Å². The molecule has 1 saturated heterocycles. The van der Waals surface area contributed by atoms with E-state index in [4.69, 9.17) is 11.6 Å². The zero-order valence-electron chi connectivity index (χ0n) is 12.0. The first-order valence-electron chi connectivity index (χ1n) is 7.40. The van der Waals surface area contributed by atoms with Crippen LogP contribution in [0.2, 0.25) is 5.02 Å². The highest BCUT2D eigenvalue weighted by Crippen LogP contribution is 2.29. The van der Waals surface area contributed by atoms with Crippen LogP contribution in [0, 0.1) is 0 Å². The molecule has 1 aliphatic rings. The van der Waals surface area contributed by atoms with E-state index in [1.165, 1.54) is 5.56 Å². The Morgan fingerprint density at radius 2 is 2.05 bits per heavy atom. The Morgan fingerprint density at radius 1 is 1.24 bits per heavy atom. The quantitative estimate of drug-likeness (QED) is 0.943. The number of aromatic nitrogens is 2. The predicted molar refractivity (Wildman–Crippen MR) is 83.8 cm³/mol. The van der Waals surface area contributed by atoms with Crippen LogP contribution in [-0.2, 0) is 6.54 Å². The summed E-state index contributed by atoms with van der Waals surface area (Å²) in [5.41, 5.74) is 1.26. The third-order valence-electron chi connectivity index (χ3n) is 4.18. The Balaban J connectivity index is 1.49. The highest BCUT2D eigenvalue weighted by atomic mass is 35.5. The van der Waals surface area contributed by atoms with E-state index in [1.54, 1.807) is 12.3 Å². The molecule has 1 fully saturated rings. The molecule has 4 nitrogen and oxygen atoms in total. The maximum Gasteiger partial charge on any atom is 0.115 e. The topological polar surface area (TPSA) is 41.3 Å². The molecule has 0 aliphatic carbocycles. The van der Waals surface area contributed by atoms with Crippen molar-refractivity contribution < 1.29 is 5.11 Å². The molecule has 0 saturated carbocycles. The highest BCUT2D eigenvalue weighted by molar-refractivity contribution is 6.30. The van der Waals surface area contributed by atoms with Crippen molar-refractivity contribution in [2.45, 2.75) is 25.3 Å². The average molecular weight is 306 g/mol. The second kappa shape index (κ2) is 6.50. The summed E-state index contributed by atoms with van der Waals surface area (Å²) in [6.07, 6.45) is 5.82. The molecule has 0 atom stereocenters. The van der Waals surface area contributed by atoms with Crippen molar-refractivity contribution in [2.24, 2.45) is 0 Å². The van der Waals surface area contributed by atoms with Crippen LogP contribution in [0.4, 0.5) is 0 Å². The number of nitrogens with zero attached hydrogens (tertiary/aromatic N) is 3.